The number of sulfonamides is 1. The Balaban J connectivity index is 1.49. The first kappa shape index (κ1) is 23.2. The van der Waals surface area contributed by atoms with Crippen molar-refractivity contribution >= 4 is 10.0 Å². The molecule has 0 spiro atoms. The summed E-state index contributed by atoms with van der Waals surface area (Å²) in [6, 6.07) is 15.5. The largest absolute Gasteiger partial charge is 0.362 e. The molecular formula is C26H32N4O3S. The third-order valence-corrected chi connectivity index (χ3v) is 8.75. The number of rotatable bonds is 5. The number of aromatic nitrogens is 2. The number of piperidine rings is 1. The first-order valence-electron chi connectivity index (χ1n) is 11.8. The number of aryl methyl sites for hydroxylation is 2. The van der Waals surface area contributed by atoms with Crippen LogP contribution in [0.25, 0.3) is 11.3 Å². The number of fused-ring (bicyclic) bond motifs is 2. The topological polar surface area (TPSA) is 67.7 Å². The number of ether oxygens (including phenoxy) is 1. The van der Waals surface area contributed by atoms with Gasteiger partial charge in [0.05, 0.1) is 16.7 Å². The Labute approximate surface area is 202 Å². The van der Waals surface area contributed by atoms with Crippen LogP contribution in [0.3, 0.4) is 0 Å². The van der Waals surface area contributed by atoms with Gasteiger partial charge < -0.3 is 14.2 Å². The Morgan fingerprint density at radius 3 is 2.41 bits per heavy atom. The van der Waals surface area contributed by atoms with E-state index in [2.05, 4.69) is 47.0 Å². The van der Waals surface area contributed by atoms with E-state index in [1.54, 1.807) is 12.1 Å². The average Bonchev–Trinajstić information content (AvgIpc) is 3.21. The zero-order valence-corrected chi connectivity index (χ0v) is 20.8. The van der Waals surface area contributed by atoms with Gasteiger partial charge in [0.15, 0.2) is 0 Å². The van der Waals surface area contributed by atoms with Crippen LogP contribution in [0.1, 0.15) is 35.9 Å². The highest BCUT2D eigenvalue weighted by Crippen LogP contribution is 2.36. The second-order valence-electron chi connectivity index (χ2n) is 9.46. The second kappa shape index (κ2) is 9.26. The molecule has 1 atom stereocenters. The maximum Gasteiger partial charge on any atom is 0.242 e. The summed E-state index contributed by atoms with van der Waals surface area (Å²) in [5, 5.41) is 0. The van der Waals surface area contributed by atoms with E-state index in [4.69, 9.17) is 9.72 Å². The van der Waals surface area contributed by atoms with Gasteiger partial charge in [0.25, 0.3) is 0 Å². The van der Waals surface area contributed by atoms with Crippen molar-refractivity contribution < 1.29 is 13.2 Å². The molecular weight excluding hydrogens is 448 g/mol. The molecule has 0 aliphatic carbocycles. The summed E-state index contributed by atoms with van der Waals surface area (Å²) in [4.78, 5) is 7.66. The Bertz CT molecular complexity index is 1260. The van der Waals surface area contributed by atoms with Crippen LogP contribution in [0, 0.1) is 0 Å². The Kier molecular flexibility index (Phi) is 6.33. The molecule has 0 N–H and O–H groups in total. The highest BCUT2D eigenvalue weighted by molar-refractivity contribution is 7.89. The molecule has 0 amide bonds. The summed E-state index contributed by atoms with van der Waals surface area (Å²) < 4.78 is 35.1. The van der Waals surface area contributed by atoms with Crippen molar-refractivity contribution in [2.75, 3.05) is 34.2 Å². The van der Waals surface area contributed by atoms with Crippen LogP contribution < -0.4 is 0 Å². The van der Waals surface area contributed by atoms with Gasteiger partial charge in [-0.3, -0.25) is 0 Å². The predicted octanol–water partition coefficient (Wildman–Crippen LogP) is 3.56. The van der Waals surface area contributed by atoms with Crippen molar-refractivity contribution in [1.29, 1.82) is 0 Å². The Morgan fingerprint density at radius 1 is 1.00 bits per heavy atom. The maximum atomic E-state index is 12.4. The maximum absolute atomic E-state index is 12.4. The normalized spacial score (nSPS) is 19.6. The number of likely N-dealkylation sites (tertiary alicyclic amines) is 1. The minimum absolute atomic E-state index is 0.205. The molecule has 0 bridgehead atoms. The summed E-state index contributed by atoms with van der Waals surface area (Å²) in [6.45, 7) is 2.92. The van der Waals surface area contributed by atoms with E-state index in [9.17, 15) is 8.42 Å². The predicted molar refractivity (Wildman–Crippen MR) is 132 cm³/mol. The first-order valence-corrected chi connectivity index (χ1v) is 13.3. The van der Waals surface area contributed by atoms with E-state index in [0.29, 0.717) is 0 Å². The quantitative estimate of drug-likeness (QED) is 0.559. The van der Waals surface area contributed by atoms with Gasteiger partial charge in [0.1, 0.15) is 11.9 Å². The number of hydrogen-bond acceptors (Lipinski definition) is 5. The van der Waals surface area contributed by atoms with Crippen LogP contribution in [0.5, 0.6) is 0 Å². The zero-order chi connectivity index (χ0) is 23.9. The first-order chi connectivity index (χ1) is 16.3. The summed E-state index contributed by atoms with van der Waals surface area (Å²) >= 11 is 0. The summed E-state index contributed by atoms with van der Waals surface area (Å²) in [5.41, 5.74) is 4.24. The fraction of sp³-hybridized carbons (Fsp3) is 0.423. The molecule has 1 unspecified atom stereocenters. The molecule has 2 aliphatic rings. The van der Waals surface area contributed by atoms with Crippen LogP contribution in [0.15, 0.2) is 59.6 Å². The SMILES string of the molecule is CN1CCC(OC2c3ccccc3CCn3cc(-c4ccc(S(=O)(=O)N(C)C)cc4)nc32)CC1. The van der Waals surface area contributed by atoms with Crippen LogP contribution in [-0.4, -0.2) is 67.5 Å². The lowest BCUT2D eigenvalue weighted by molar-refractivity contribution is -0.0275. The van der Waals surface area contributed by atoms with Gasteiger partial charge in [0, 0.05) is 45.5 Å². The van der Waals surface area contributed by atoms with Gasteiger partial charge in [-0.05, 0) is 49.6 Å². The van der Waals surface area contributed by atoms with Crippen molar-refractivity contribution in [2.45, 2.75) is 42.9 Å². The van der Waals surface area contributed by atoms with Crippen LogP contribution >= 0.6 is 0 Å². The van der Waals surface area contributed by atoms with Gasteiger partial charge in [-0.2, -0.15) is 0 Å². The fourth-order valence-corrected chi connectivity index (χ4v) is 5.71. The van der Waals surface area contributed by atoms with E-state index in [-0.39, 0.29) is 17.1 Å². The summed E-state index contributed by atoms with van der Waals surface area (Å²) in [5.74, 6) is 0.920. The monoisotopic (exact) mass is 480 g/mol. The third-order valence-electron chi connectivity index (χ3n) is 6.92. The molecule has 180 valence electrons. The molecule has 3 aromatic rings. The molecule has 0 radical (unpaired) electrons. The molecule has 2 aliphatic heterocycles. The summed E-state index contributed by atoms with van der Waals surface area (Å²) in [7, 11) is 1.78. The lowest BCUT2D eigenvalue weighted by Gasteiger charge is -2.32. The van der Waals surface area contributed by atoms with Gasteiger partial charge >= 0.3 is 0 Å². The molecule has 2 aromatic carbocycles. The average molecular weight is 481 g/mol. The molecule has 0 saturated carbocycles. The van der Waals surface area contributed by atoms with E-state index >= 15 is 0 Å². The van der Waals surface area contributed by atoms with Gasteiger partial charge in [-0.15, -0.1) is 0 Å². The van der Waals surface area contributed by atoms with Gasteiger partial charge in [-0.1, -0.05) is 36.4 Å². The molecule has 3 heterocycles. The van der Waals surface area contributed by atoms with E-state index in [1.807, 2.05) is 12.1 Å². The van der Waals surface area contributed by atoms with Crippen molar-refractivity contribution in [3.63, 3.8) is 0 Å². The molecule has 1 saturated heterocycles. The van der Waals surface area contributed by atoms with Crippen LogP contribution in [-0.2, 0) is 27.7 Å². The molecule has 5 rings (SSSR count). The number of imidazole rings is 1. The smallest absolute Gasteiger partial charge is 0.242 e. The van der Waals surface area contributed by atoms with E-state index < -0.39 is 10.0 Å². The van der Waals surface area contributed by atoms with Crippen LogP contribution in [0.4, 0.5) is 0 Å². The molecule has 34 heavy (non-hydrogen) atoms. The molecule has 7 nitrogen and oxygen atoms in total. The minimum Gasteiger partial charge on any atom is -0.362 e. The highest BCUT2D eigenvalue weighted by atomic mass is 32.2. The van der Waals surface area contributed by atoms with Gasteiger partial charge in [-0.25, -0.2) is 17.7 Å². The molecule has 1 fully saturated rings. The Morgan fingerprint density at radius 2 is 1.71 bits per heavy atom. The third kappa shape index (κ3) is 4.43. The van der Waals surface area contributed by atoms with Crippen molar-refractivity contribution in [3.8, 4) is 11.3 Å². The van der Waals surface area contributed by atoms with E-state index in [0.717, 1.165) is 56.0 Å². The van der Waals surface area contributed by atoms with Crippen molar-refractivity contribution in [3.05, 3.63) is 71.7 Å². The second-order valence-corrected chi connectivity index (χ2v) is 11.6. The van der Waals surface area contributed by atoms with Gasteiger partial charge in [0.2, 0.25) is 10.0 Å². The highest BCUT2D eigenvalue weighted by Gasteiger charge is 2.30. The standard InChI is InChI=1S/C26H32N4O3S/c1-28(2)34(31,32)22-10-8-20(9-11-22)24-18-30-17-12-19-6-4-5-7-23(19)25(26(30)27-24)33-21-13-15-29(3)16-14-21/h4-11,18,21,25H,12-17H2,1-3H3. The number of hydrogen-bond donors (Lipinski definition) is 0. The minimum atomic E-state index is -3.46. The summed E-state index contributed by atoms with van der Waals surface area (Å²) in [6.07, 6.45) is 5.02. The zero-order valence-electron chi connectivity index (χ0n) is 20.0. The fourth-order valence-electron chi connectivity index (χ4n) is 4.81. The molecule has 8 heteroatoms. The van der Waals surface area contributed by atoms with E-state index in [1.165, 1.54) is 29.5 Å². The number of nitrogens with zero attached hydrogens (tertiary/aromatic N) is 4. The van der Waals surface area contributed by atoms with Crippen molar-refractivity contribution in [1.82, 2.24) is 18.8 Å². The molecule has 1 aromatic heterocycles. The lowest BCUT2D eigenvalue weighted by Crippen LogP contribution is -2.35. The van der Waals surface area contributed by atoms with Crippen molar-refractivity contribution in [2.24, 2.45) is 0 Å². The Hall–Kier alpha value is -2.52. The lowest BCUT2D eigenvalue weighted by atomic mass is 10.00. The van der Waals surface area contributed by atoms with Crippen LogP contribution in [0.2, 0.25) is 0 Å². The number of benzene rings is 2.